The molecule has 2 atom stereocenters. The highest BCUT2D eigenvalue weighted by molar-refractivity contribution is 5.99. The Morgan fingerprint density at radius 3 is 2.17 bits per heavy atom. The molecule has 0 saturated heterocycles. The molecular weight excluding hydrogens is 407 g/mol. The van der Waals surface area contributed by atoms with Crippen molar-refractivity contribution >= 4 is 47.1 Å². The summed E-state index contributed by atoms with van der Waals surface area (Å²) in [6.07, 6.45) is 0. The molecule has 154 valence electrons. The van der Waals surface area contributed by atoms with E-state index in [-0.39, 0.29) is 36.9 Å². The van der Waals surface area contributed by atoms with Crippen LogP contribution >= 0.6 is 24.8 Å². The molecule has 0 spiro atoms. The van der Waals surface area contributed by atoms with Gasteiger partial charge in [0, 0.05) is 16.8 Å². The van der Waals surface area contributed by atoms with Gasteiger partial charge in [-0.3, -0.25) is 0 Å². The van der Waals surface area contributed by atoms with Crippen molar-refractivity contribution < 1.29 is 0 Å². The van der Waals surface area contributed by atoms with Gasteiger partial charge in [-0.05, 0) is 33.5 Å². The molecule has 2 heterocycles. The smallest absolute Gasteiger partial charge is 0.185 e. The van der Waals surface area contributed by atoms with E-state index >= 15 is 0 Å². The van der Waals surface area contributed by atoms with Gasteiger partial charge >= 0.3 is 0 Å². The monoisotopic (exact) mass is 432 g/mol. The summed E-state index contributed by atoms with van der Waals surface area (Å²) in [6.45, 7) is 4.11. The van der Waals surface area contributed by atoms with Gasteiger partial charge in [0.2, 0.25) is 0 Å². The van der Waals surface area contributed by atoms with Crippen molar-refractivity contribution in [3.05, 3.63) is 66.0 Å². The van der Waals surface area contributed by atoms with Crippen LogP contribution in [-0.4, -0.2) is 44.8 Å². The van der Waals surface area contributed by atoms with E-state index in [1.165, 1.54) is 5.56 Å². The number of fused-ring (bicyclic) bond motifs is 3. The number of rotatable bonds is 5. The molecule has 2 aromatic heterocycles. The van der Waals surface area contributed by atoms with Crippen molar-refractivity contribution in [1.82, 2.24) is 24.7 Å². The van der Waals surface area contributed by atoms with Crippen molar-refractivity contribution in [3.63, 3.8) is 0 Å². The number of halogens is 2. The minimum atomic E-state index is 0. The van der Waals surface area contributed by atoms with Crippen LogP contribution in [0.1, 0.15) is 24.4 Å². The van der Waals surface area contributed by atoms with Gasteiger partial charge in [0.05, 0.1) is 6.04 Å². The summed E-state index contributed by atoms with van der Waals surface area (Å²) in [4.78, 5) is 2.23. The van der Waals surface area contributed by atoms with E-state index in [0.29, 0.717) is 0 Å². The Kier molecular flexibility index (Phi) is 7.41. The van der Waals surface area contributed by atoms with Gasteiger partial charge in [-0.25, -0.2) is 0 Å². The Morgan fingerprint density at radius 1 is 0.897 bits per heavy atom. The van der Waals surface area contributed by atoms with Crippen LogP contribution < -0.4 is 5.32 Å². The zero-order chi connectivity index (χ0) is 19.0. The molecule has 0 saturated carbocycles. The van der Waals surface area contributed by atoms with Gasteiger partial charge in [-0.1, -0.05) is 54.6 Å². The number of nitrogens with one attached hydrogen (secondary N) is 1. The molecular formula is C21H26Cl2N6. The fourth-order valence-electron chi connectivity index (χ4n) is 3.77. The highest BCUT2D eigenvalue weighted by Gasteiger charge is 2.23. The van der Waals surface area contributed by atoms with E-state index < -0.39 is 0 Å². The van der Waals surface area contributed by atoms with Crippen LogP contribution in [0.4, 0.5) is 5.82 Å². The van der Waals surface area contributed by atoms with E-state index in [0.717, 1.165) is 28.1 Å². The van der Waals surface area contributed by atoms with Crippen LogP contribution in [-0.2, 0) is 0 Å². The third-order valence-electron chi connectivity index (χ3n) is 4.96. The van der Waals surface area contributed by atoms with E-state index in [4.69, 9.17) is 5.10 Å². The summed E-state index contributed by atoms with van der Waals surface area (Å²) < 4.78 is 1.81. The lowest BCUT2D eigenvalue weighted by atomic mass is 9.99. The van der Waals surface area contributed by atoms with Gasteiger partial charge in [0.15, 0.2) is 17.3 Å². The molecule has 0 aliphatic rings. The average molecular weight is 433 g/mol. The summed E-state index contributed by atoms with van der Waals surface area (Å²) in [5, 5.41) is 19.0. The van der Waals surface area contributed by atoms with E-state index in [1.54, 1.807) is 0 Å². The molecule has 0 bridgehead atoms. The third-order valence-corrected chi connectivity index (χ3v) is 4.96. The third kappa shape index (κ3) is 4.29. The highest BCUT2D eigenvalue weighted by Crippen LogP contribution is 2.29. The molecule has 0 radical (unpaired) electrons. The van der Waals surface area contributed by atoms with Crippen LogP contribution in [0.3, 0.4) is 0 Å². The number of aromatic nitrogens is 4. The number of benzene rings is 2. The second-order valence-electron chi connectivity index (χ2n) is 7.13. The number of likely N-dealkylation sites (N-methyl/N-ethyl adjacent to an activating group) is 1. The van der Waals surface area contributed by atoms with Crippen LogP contribution in [0, 0.1) is 6.92 Å². The first-order valence-corrected chi connectivity index (χ1v) is 9.15. The van der Waals surface area contributed by atoms with Gasteiger partial charge in [-0.15, -0.1) is 40.1 Å². The average Bonchev–Trinajstić information content (AvgIpc) is 3.04. The van der Waals surface area contributed by atoms with Crippen molar-refractivity contribution in [2.24, 2.45) is 0 Å². The van der Waals surface area contributed by atoms with Crippen molar-refractivity contribution in [1.29, 1.82) is 0 Å². The van der Waals surface area contributed by atoms with E-state index in [9.17, 15) is 0 Å². The molecule has 0 aliphatic carbocycles. The number of hydrogen-bond acceptors (Lipinski definition) is 5. The van der Waals surface area contributed by atoms with Crippen molar-refractivity contribution in [2.45, 2.75) is 25.9 Å². The van der Waals surface area contributed by atoms with Crippen molar-refractivity contribution in [2.75, 3.05) is 19.4 Å². The molecule has 1 N–H and O–H groups in total. The lowest BCUT2D eigenvalue weighted by Gasteiger charge is -2.31. The Balaban J connectivity index is 0.00000150. The molecule has 0 aliphatic heterocycles. The second-order valence-corrected chi connectivity index (χ2v) is 7.13. The predicted octanol–water partition coefficient (Wildman–Crippen LogP) is 4.53. The predicted molar refractivity (Wildman–Crippen MR) is 123 cm³/mol. The highest BCUT2D eigenvalue weighted by atomic mass is 35.5. The van der Waals surface area contributed by atoms with Crippen LogP contribution in [0.5, 0.6) is 0 Å². The molecule has 8 heteroatoms. The lowest BCUT2D eigenvalue weighted by molar-refractivity contribution is 0.275. The Morgan fingerprint density at radius 2 is 1.52 bits per heavy atom. The van der Waals surface area contributed by atoms with Crippen LogP contribution in [0.25, 0.3) is 16.4 Å². The summed E-state index contributed by atoms with van der Waals surface area (Å²) in [6, 6.07) is 19.1. The number of nitrogens with zero attached hydrogens (tertiary/aromatic N) is 5. The largest absolute Gasteiger partial charge is 0.364 e. The van der Waals surface area contributed by atoms with Crippen molar-refractivity contribution in [3.8, 4) is 0 Å². The zero-order valence-corrected chi connectivity index (χ0v) is 18.5. The summed E-state index contributed by atoms with van der Waals surface area (Å²) in [5.74, 6) is 1.62. The zero-order valence-electron chi connectivity index (χ0n) is 16.9. The fourth-order valence-corrected chi connectivity index (χ4v) is 3.77. The number of anilines is 1. The first kappa shape index (κ1) is 22.9. The standard InChI is InChI=1S/C21H24N6.2ClH/c1-14(19(26(3)4)16-10-6-5-7-11-16)22-20-17-12-8-9-13-18(17)21-24-23-15(2)27(21)25-20;;/h5-14,19H,1-4H3,(H,22,25);2*1H/t14-,19+;;/m0../s1. The molecule has 0 fully saturated rings. The first-order valence-electron chi connectivity index (χ1n) is 9.15. The topological polar surface area (TPSA) is 58.4 Å². The molecule has 29 heavy (non-hydrogen) atoms. The minimum absolute atomic E-state index is 0. The number of aryl methyl sites for hydroxylation is 1. The molecule has 0 unspecified atom stereocenters. The minimum Gasteiger partial charge on any atom is -0.364 e. The maximum Gasteiger partial charge on any atom is 0.185 e. The maximum absolute atomic E-state index is 4.80. The molecule has 4 rings (SSSR count). The van der Waals surface area contributed by atoms with Gasteiger partial charge in [0.1, 0.15) is 0 Å². The first-order chi connectivity index (χ1) is 13.1. The summed E-state index contributed by atoms with van der Waals surface area (Å²) in [5.41, 5.74) is 2.06. The van der Waals surface area contributed by atoms with Gasteiger partial charge in [0.25, 0.3) is 0 Å². The summed E-state index contributed by atoms with van der Waals surface area (Å²) in [7, 11) is 4.21. The quantitative estimate of drug-likeness (QED) is 0.501. The fraction of sp³-hybridized carbons (Fsp3) is 0.286. The normalized spacial score (nSPS) is 13.0. The van der Waals surface area contributed by atoms with Crippen LogP contribution in [0.2, 0.25) is 0 Å². The van der Waals surface area contributed by atoms with E-state index in [2.05, 4.69) is 77.8 Å². The molecule has 4 aromatic rings. The maximum atomic E-state index is 4.80. The van der Waals surface area contributed by atoms with E-state index in [1.807, 2.05) is 29.6 Å². The Labute approximate surface area is 183 Å². The molecule has 2 aromatic carbocycles. The molecule has 0 amide bonds. The van der Waals surface area contributed by atoms with Crippen LogP contribution in [0.15, 0.2) is 54.6 Å². The number of hydrogen-bond donors (Lipinski definition) is 1. The Hall–Kier alpha value is -2.41. The Bertz CT molecular complexity index is 1080. The second kappa shape index (κ2) is 9.39. The SMILES string of the molecule is Cc1nnc2c3ccccc3c(N[C@@H](C)[C@H](c3ccccc3)N(C)C)nn12.Cl.Cl. The lowest BCUT2D eigenvalue weighted by Crippen LogP contribution is -2.34. The molecule has 6 nitrogen and oxygen atoms in total. The van der Waals surface area contributed by atoms with Gasteiger partial charge < -0.3 is 10.2 Å². The van der Waals surface area contributed by atoms with Gasteiger partial charge in [-0.2, -0.15) is 4.52 Å². The summed E-state index contributed by atoms with van der Waals surface area (Å²) >= 11 is 0.